The molecule has 31 heavy (non-hydrogen) atoms. The molecule has 0 atom stereocenters. The standard InChI is InChI=1S/C23H22N4O3S/c1-27(15-6-8-16(28-2)9-7-15)23(31)24-14-5-10-17-18(11-14)26-20-13-22(30-4)21(29-3)12-19(20)25-17/h5-13H,1-4H3,(H,24,31). The Balaban J connectivity index is 1.61. The van der Waals surface area contributed by atoms with Crippen LogP contribution in [-0.2, 0) is 0 Å². The van der Waals surface area contributed by atoms with Crippen molar-refractivity contribution in [3.05, 3.63) is 54.6 Å². The van der Waals surface area contributed by atoms with Gasteiger partial charge in [0.2, 0.25) is 0 Å². The van der Waals surface area contributed by atoms with Crippen molar-refractivity contribution in [1.82, 2.24) is 9.97 Å². The number of hydrogen-bond donors (Lipinski definition) is 1. The summed E-state index contributed by atoms with van der Waals surface area (Å²) in [5, 5.41) is 3.82. The average Bonchev–Trinajstić information content (AvgIpc) is 2.81. The van der Waals surface area contributed by atoms with Crippen LogP contribution < -0.4 is 24.4 Å². The predicted molar refractivity (Wildman–Crippen MR) is 128 cm³/mol. The summed E-state index contributed by atoms with van der Waals surface area (Å²) in [6.45, 7) is 0. The van der Waals surface area contributed by atoms with Crippen molar-refractivity contribution in [3.63, 3.8) is 0 Å². The number of nitrogens with one attached hydrogen (secondary N) is 1. The minimum Gasteiger partial charge on any atom is -0.497 e. The van der Waals surface area contributed by atoms with Crippen molar-refractivity contribution in [2.45, 2.75) is 0 Å². The maximum absolute atomic E-state index is 5.58. The van der Waals surface area contributed by atoms with Gasteiger partial charge in [-0.3, -0.25) is 0 Å². The largest absolute Gasteiger partial charge is 0.497 e. The average molecular weight is 435 g/mol. The molecule has 0 aliphatic carbocycles. The first-order valence-corrected chi connectivity index (χ1v) is 9.95. The number of ether oxygens (including phenoxy) is 3. The molecular weight excluding hydrogens is 412 g/mol. The molecule has 4 rings (SSSR count). The van der Waals surface area contributed by atoms with Gasteiger partial charge in [-0.05, 0) is 54.7 Å². The maximum atomic E-state index is 5.58. The summed E-state index contributed by atoms with van der Waals surface area (Å²) in [5.74, 6) is 2.03. The number of thiocarbonyl (C=S) groups is 1. The van der Waals surface area contributed by atoms with Crippen molar-refractivity contribution < 1.29 is 14.2 Å². The second-order valence-electron chi connectivity index (χ2n) is 6.81. The minimum absolute atomic E-state index is 0.560. The molecule has 158 valence electrons. The van der Waals surface area contributed by atoms with Crippen LogP contribution in [0, 0.1) is 0 Å². The summed E-state index contributed by atoms with van der Waals surface area (Å²) in [4.78, 5) is 11.3. The second-order valence-corrected chi connectivity index (χ2v) is 7.20. The number of hydrogen-bond acceptors (Lipinski definition) is 6. The van der Waals surface area contributed by atoms with E-state index in [2.05, 4.69) is 5.32 Å². The number of nitrogens with zero attached hydrogens (tertiary/aromatic N) is 3. The molecule has 0 unspecified atom stereocenters. The normalized spacial score (nSPS) is 10.7. The van der Waals surface area contributed by atoms with Gasteiger partial charge in [0.25, 0.3) is 0 Å². The van der Waals surface area contributed by atoms with Crippen LogP contribution in [0.2, 0.25) is 0 Å². The van der Waals surface area contributed by atoms with E-state index in [9.17, 15) is 0 Å². The first-order chi connectivity index (χ1) is 15.0. The van der Waals surface area contributed by atoms with Crippen LogP contribution in [0.1, 0.15) is 0 Å². The van der Waals surface area contributed by atoms with Crippen molar-refractivity contribution in [2.24, 2.45) is 0 Å². The molecule has 0 amide bonds. The Morgan fingerprint density at radius 3 is 1.94 bits per heavy atom. The highest BCUT2D eigenvalue weighted by atomic mass is 32.1. The molecule has 0 aliphatic heterocycles. The summed E-state index contributed by atoms with van der Waals surface area (Å²) in [6.07, 6.45) is 0. The fourth-order valence-electron chi connectivity index (χ4n) is 3.21. The molecule has 0 aliphatic rings. The van der Waals surface area contributed by atoms with E-state index in [1.54, 1.807) is 21.3 Å². The molecule has 4 aromatic rings. The van der Waals surface area contributed by atoms with Gasteiger partial charge in [0, 0.05) is 30.6 Å². The zero-order valence-electron chi connectivity index (χ0n) is 17.7. The van der Waals surface area contributed by atoms with Crippen molar-refractivity contribution >= 4 is 50.8 Å². The lowest BCUT2D eigenvalue weighted by Gasteiger charge is -2.21. The number of fused-ring (bicyclic) bond motifs is 2. The molecule has 0 spiro atoms. The van der Waals surface area contributed by atoms with E-state index in [1.165, 1.54) is 0 Å². The third-order valence-electron chi connectivity index (χ3n) is 4.95. The highest BCUT2D eigenvalue weighted by Crippen LogP contribution is 2.31. The number of anilines is 2. The molecular formula is C23H22N4O3S. The van der Waals surface area contributed by atoms with E-state index in [-0.39, 0.29) is 0 Å². The zero-order chi connectivity index (χ0) is 22.0. The van der Waals surface area contributed by atoms with E-state index >= 15 is 0 Å². The number of aromatic nitrogens is 2. The van der Waals surface area contributed by atoms with Gasteiger partial charge in [0.15, 0.2) is 16.6 Å². The van der Waals surface area contributed by atoms with Gasteiger partial charge in [-0.2, -0.15) is 0 Å². The van der Waals surface area contributed by atoms with Crippen molar-refractivity contribution in [2.75, 3.05) is 38.6 Å². The van der Waals surface area contributed by atoms with Gasteiger partial charge in [-0.1, -0.05) is 0 Å². The Morgan fingerprint density at radius 1 is 0.774 bits per heavy atom. The summed E-state index contributed by atoms with van der Waals surface area (Å²) < 4.78 is 16.0. The van der Waals surface area contributed by atoms with Crippen LogP contribution in [-0.4, -0.2) is 43.5 Å². The fraction of sp³-hybridized carbons (Fsp3) is 0.174. The Bertz CT molecular complexity index is 1260. The monoisotopic (exact) mass is 434 g/mol. The Hall–Kier alpha value is -3.65. The van der Waals surface area contributed by atoms with E-state index in [0.717, 1.165) is 39.2 Å². The van der Waals surface area contributed by atoms with Gasteiger partial charge >= 0.3 is 0 Å². The van der Waals surface area contributed by atoms with Crippen LogP contribution in [0.3, 0.4) is 0 Å². The van der Waals surface area contributed by atoms with Crippen molar-refractivity contribution in [3.8, 4) is 17.2 Å². The summed E-state index contributed by atoms with van der Waals surface area (Å²) in [5.41, 5.74) is 4.76. The maximum Gasteiger partial charge on any atom is 0.177 e. The Kier molecular flexibility index (Phi) is 5.73. The lowest BCUT2D eigenvalue weighted by molar-refractivity contribution is 0.355. The Labute approximate surface area is 185 Å². The predicted octanol–water partition coefficient (Wildman–Crippen LogP) is 4.64. The van der Waals surface area contributed by atoms with Gasteiger partial charge < -0.3 is 24.4 Å². The molecule has 1 N–H and O–H groups in total. The van der Waals surface area contributed by atoms with E-state index in [4.69, 9.17) is 36.4 Å². The molecule has 0 bridgehead atoms. The molecule has 7 nitrogen and oxygen atoms in total. The van der Waals surface area contributed by atoms with E-state index in [0.29, 0.717) is 16.6 Å². The zero-order valence-corrected chi connectivity index (χ0v) is 18.5. The molecule has 1 aromatic heterocycles. The van der Waals surface area contributed by atoms with Crippen LogP contribution in [0.4, 0.5) is 11.4 Å². The second kappa shape index (κ2) is 8.61. The SMILES string of the molecule is COc1ccc(N(C)C(=S)Nc2ccc3nc4cc(OC)c(OC)cc4nc3c2)cc1. The van der Waals surface area contributed by atoms with Crippen LogP contribution in [0.5, 0.6) is 17.2 Å². The highest BCUT2D eigenvalue weighted by Gasteiger charge is 2.11. The quantitative estimate of drug-likeness (QED) is 0.360. The fourth-order valence-corrected chi connectivity index (χ4v) is 3.44. The van der Waals surface area contributed by atoms with Crippen LogP contribution >= 0.6 is 12.2 Å². The van der Waals surface area contributed by atoms with E-state index < -0.39 is 0 Å². The van der Waals surface area contributed by atoms with Gasteiger partial charge in [-0.15, -0.1) is 0 Å². The first-order valence-electron chi connectivity index (χ1n) is 9.54. The third-order valence-corrected chi connectivity index (χ3v) is 5.33. The smallest absolute Gasteiger partial charge is 0.177 e. The molecule has 8 heteroatoms. The van der Waals surface area contributed by atoms with Crippen LogP contribution in [0.15, 0.2) is 54.6 Å². The molecule has 0 saturated carbocycles. The molecule has 3 aromatic carbocycles. The van der Waals surface area contributed by atoms with Gasteiger partial charge in [0.1, 0.15) is 5.75 Å². The summed E-state index contributed by atoms with van der Waals surface area (Å²) in [7, 11) is 6.75. The van der Waals surface area contributed by atoms with Crippen LogP contribution in [0.25, 0.3) is 22.1 Å². The topological polar surface area (TPSA) is 68.7 Å². The van der Waals surface area contributed by atoms with Gasteiger partial charge in [0.05, 0.1) is 43.4 Å². The molecule has 0 fully saturated rings. The first kappa shape index (κ1) is 20.6. The van der Waals surface area contributed by atoms with E-state index in [1.807, 2.05) is 66.5 Å². The lowest BCUT2D eigenvalue weighted by Crippen LogP contribution is -2.30. The molecule has 0 radical (unpaired) electrons. The third kappa shape index (κ3) is 4.15. The lowest BCUT2D eigenvalue weighted by atomic mass is 10.2. The highest BCUT2D eigenvalue weighted by molar-refractivity contribution is 7.80. The number of benzene rings is 3. The number of rotatable bonds is 5. The molecule has 0 saturated heterocycles. The molecule has 1 heterocycles. The minimum atomic E-state index is 0.560. The van der Waals surface area contributed by atoms with Crippen molar-refractivity contribution in [1.29, 1.82) is 0 Å². The van der Waals surface area contributed by atoms with Gasteiger partial charge in [-0.25, -0.2) is 9.97 Å². The number of methoxy groups -OCH3 is 3. The summed E-state index contributed by atoms with van der Waals surface area (Å²) >= 11 is 5.58. The summed E-state index contributed by atoms with van der Waals surface area (Å²) in [6, 6.07) is 17.1. The Morgan fingerprint density at radius 2 is 1.35 bits per heavy atom.